The van der Waals surface area contributed by atoms with E-state index in [0.29, 0.717) is 0 Å². The summed E-state index contributed by atoms with van der Waals surface area (Å²) in [7, 11) is 0. The Morgan fingerprint density at radius 1 is 1.00 bits per heavy atom. The molecule has 0 aromatic rings. The lowest BCUT2D eigenvalue weighted by Gasteiger charge is -1.83. The fourth-order valence-corrected chi connectivity index (χ4v) is 0.560. The maximum absolute atomic E-state index is 3.81. The average molecular weight is 134 g/mol. The van der Waals surface area contributed by atoms with Crippen LogP contribution in [0, 0.1) is 0 Å². The van der Waals surface area contributed by atoms with E-state index in [9.17, 15) is 0 Å². The molecular formula is C10H14. The quantitative estimate of drug-likeness (QED) is 0.520. The molecule has 0 aromatic heterocycles. The largest absolute Gasteiger partial charge is 0.0918 e. The van der Waals surface area contributed by atoms with Gasteiger partial charge in [-0.05, 0) is 19.4 Å². The minimum absolute atomic E-state index is 1.03. The molecule has 0 aliphatic heterocycles. The van der Waals surface area contributed by atoms with E-state index >= 15 is 0 Å². The van der Waals surface area contributed by atoms with Crippen LogP contribution in [0.15, 0.2) is 48.6 Å². The summed E-state index contributed by atoms with van der Waals surface area (Å²) in [4.78, 5) is 0. The van der Waals surface area contributed by atoms with Crippen LogP contribution in [0.3, 0.4) is 0 Å². The first kappa shape index (κ1) is 8.96. The first-order valence-corrected chi connectivity index (χ1v) is 3.42. The van der Waals surface area contributed by atoms with E-state index in [1.165, 1.54) is 0 Å². The van der Waals surface area contributed by atoms with Gasteiger partial charge in [-0.2, -0.15) is 0 Å². The predicted molar refractivity (Wildman–Crippen MR) is 47.9 cm³/mol. The van der Waals surface area contributed by atoms with Crippen molar-refractivity contribution in [2.24, 2.45) is 0 Å². The Kier molecular flexibility index (Phi) is 5.45. The first-order chi connectivity index (χ1) is 4.81. The molecule has 10 heavy (non-hydrogen) atoms. The Labute approximate surface area is 63.3 Å². The van der Waals surface area contributed by atoms with Crippen molar-refractivity contribution in [1.82, 2.24) is 0 Å². The van der Waals surface area contributed by atoms with Crippen molar-refractivity contribution in [3.63, 3.8) is 0 Å². The van der Waals surface area contributed by atoms with Crippen LogP contribution in [-0.2, 0) is 0 Å². The van der Waals surface area contributed by atoms with Crippen molar-refractivity contribution in [2.45, 2.75) is 13.8 Å². The summed E-state index contributed by atoms with van der Waals surface area (Å²) >= 11 is 0. The van der Waals surface area contributed by atoms with Crippen molar-refractivity contribution in [3.05, 3.63) is 48.6 Å². The van der Waals surface area contributed by atoms with Crippen LogP contribution in [0.2, 0.25) is 0 Å². The molecule has 0 amide bonds. The Hall–Kier alpha value is -1.04. The summed E-state index contributed by atoms with van der Waals surface area (Å²) < 4.78 is 0. The third-order valence-electron chi connectivity index (χ3n) is 0.995. The molecule has 0 heterocycles. The SMILES string of the molecule is C=C(/C=C/C)/C=C/C=C/C. The fourth-order valence-electron chi connectivity index (χ4n) is 0.560. The third kappa shape index (κ3) is 5.10. The summed E-state index contributed by atoms with van der Waals surface area (Å²) in [5, 5.41) is 0. The first-order valence-electron chi connectivity index (χ1n) is 3.42. The second-order valence-corrected chi connectivity index (χ2v) is 1.96. The van der Waals surface area contributed by atoms with E-state index < -0.39 is 0 Å². The zero-order chi connectivity index (χ0) is 7.82. The van der Waals surface area contributed by atoms with Gasteiger partial charge in [-0.1, -0.05) is 43.0 Å². The van der Waals surface area contributed by atoms with E-state index in [1.54, 1.807) is 0 Å². The van der Waals surface area contributed by atoms with Gasteiger partial charge in [-0.3, -0.25) is 0 Å². The number of hydrogen-bond donors (Lipinski definition) is 0. The van der Waals surface area contributed by atoms with Crippen molar-refractivity contribution in [1.29, 1.82) is 0 Å². The minimum Gasteiger partial charge on any atom is -0.0918 e. The van der Waals surface area contributed by atoms with Gasteiger partial charge in [-0.25, -0.2) is 0 Å². The molecule has 0 rings (SSSR count). The Balaban J connectivity index is 3.78. The van der Waals surface area contributed by atoms with Crippen LogP contribution in [-0.4, -0.2) is 0 Å². The van der Waals surface area contributed by atoms with Crippen LogP contribution in [0.4, 0.5) is 0 Å². The molecule has 0 N–H and O–H groups in total. The molecule has 0 bridgehead atoms. The molecule has 0 radical (unpaired) electrons. The van der Waals surface area contributed by atoms with E-state index in [4.69, 9.17) is 0 Å². The van der Waals surface area contributed by atoms with Crippen LogP contribution in [0.5, 0.6) is 0 Å². The molecule has 0 aliphatic carbocycles. The van der Waals surface area contributed by atoms with Crippen molar-refractivity contribution >= 4 is 0 Å². The van der Waals surface area contributed by atoms with Crippen LogP contribution in [0.25, 0.3) is 0 Å². The monoisotopic (exact) mass is 134 g/mol. The van der Waals surface area contributed by atoms with Crippen molar-refractivity contribution < 1.29 is 0 Å². The standard InChI is InChI=1S/C10H14/c1-4-6-7-9-10(3)8-5-2/h4-9H,3H2,1-2H3/b6-4+,8-5+,9-7+. The van der Waals surface area contributed by atoms with Gasteiger partial charge in [0.05, 0.1) is 0 Å². The van der Waals surface area contributed by atoms with Gasteiger partial charge in [0.2, 0.25) is 0 Å². The number of hydrogen-bond acceptors (Lipinski definition) is 0. The van der Waals surface area contributed by atoms with Crippen LogP contribution < -0.4 is 0 Å². The van der Waals surface area contributed by atoms with E-state index in [2.05, 4.69) is 6.58 Å². The zero-order valence-corrected chi connectivity index (χ0v) is 6.67. The predicted octanol–water partition coefficient (Wildman–Crippen LogP) is 3.25. The molecule has 54 valence electrons. The Bertz CT molecular complexity index is 168. The highest BCUT2D eigenvalue weighted by Crippen LogP contribution is 1.94. The fraction of sp³-hybridized carbons (Fsp3) is 0.200. The highest BCUT2D eigenvalue weighted by atomic mass is 13.8. The molecule has 0 unspecified atom stereocenters. The molecule has 0 aromatic carbocycles. The molecule has 0 spiro atoms. The molecule has 0 fully saturated rings. The van der Waals surface area contributed by atoms with Crippen LogP contribution in [0.1, 0.15) is 13.8 Å². The minimum atomic E-state index is 1.03. The van der Waals surface area contributed by atoms with Crippen molar-refractivity contribution in [2.75, 3.05) is 0 Å². The number of rotatable bonds is 3. The van der Waals surface area contributed by atoms with Crippen molar-refractivity contribution in [3.8, 4) is 0 Å². The van der Waals surface area contributed by atoms with Crippen LogP contribution >= 0.6 is 0 Å². The highest BCUT2D eigenvalue weighted by molar-refractivity contribution is 5.28. The zero-order valence-electron chi connectivity index (χ0n) is 6.67. The molecule has 0 saturated heterocycles. The third-order valence-corrected chi connectivity index (χ3v) is 0.995. The maximum atomic E-state index is 3.81. The second-order valence-electron chi connectivity index (χ2n) is 1.96. The van der Waals surface area contributed by atoms with Gasteiger partial charge in [0.25, 0.3) is 0 Å². The second kappa shape index (κ2) is 6.09. The lowest BCUT2D eigenvalue weighted by molar-refractivity contribution is 1.65. The Morgan fingerprint density at radius 3 is 2.20 bits per heavy atom. The molecule has 0 atom stereocenters. The summed E-state index contributed by atoms with van der Waals surface area (Å²) in [6.07, 6.45) is 11.9. The topological polar surface area (TPSA) is 0 Å². The smallest absolute Gasteiger partial charge is 0.0332 e. The number of allylic oxidation sites excluding steroid dienone is 7. The van der Waals surface area contributed by atoms with E-state index in [0.717, 1.165) is 5.57 Å². The van der Waals surface area contributed by atoms with Gasteiger partial charge in [0.1, 0.15) is 0 Å². The van der Waals surface area contributed by atoms with E-state index in [1.807, 2.05) is 50.3 Å². The average Bonchev–Trinajstić information content (AvgIpc) is 1.89. The lowest BCUT2D eigenvalue weighted by atomic mass is 10.2. The summed E-state index contributed by atoms with van der Waals surface area (Å²) in [6, 6.07) is 0. The normalized spacial score (nSPS) is 12.2. The molecule has 0 aliphatic rings. The molecule has 0 heteroatoms. The van der Waals surface area contributed by atoms with Gasteiger partial charge >= 0.3 is 0 Å². The maximum Gasteiger partial charge on any atom is -0.0332 e. The van der Waals surface area contributed by atoms with Gasteiger partial charge < -0.3 is 0 Å². The lowest BCUT2D eigenvalue weighted by Crippen LogP contribution is -1.62. The summed E-state index contributed by atoms with van der Waals surface area (Å²) in [6.45, 7) is 7.78. The molecular weight excluding hydrogens is 120 g/mol. The van der Waals surface area contributed by atoms with E-state index in [-0.39, 0.29) is 0 Å². The van der Waals surface area contributed by atoms with Gasteiger partial charge in [-0.15, -0.1) is 0 Å². The highest BCUT2D eigenvalue weighted by Gasteiger charge is 1.73. The molecule has 0 nitrogen and oxygen atoms in total. The van der Waals surface area contributed by atoms with Gasteiger partial charge in [0.15, 0.2) is 0 Å². The summed E-state index contributed by atoms with van der Waals surface area (Å²) in [5.41, 5.74) is 1.03. The van der Waals surface area contributed by atoms with Gasteiger partial charge in [0, 0.05) is 0 Å². The molecule has 0 saturated carbocycles. The Morgan fingerprint density at radius 2 is 1.70 bits per heavy atom. The summed E-state index contributed by atoms with van der Waals surface area (Å²) in [5.74, 6) is 0.